The van der Waals surface area contributed by atoms with Gasteiger partial charge < -0.3 is 5.32 Å². The zero-order valence-corrected chi connectivity index (χ0v) is 13.6. The second kappa shape index (κ2) is 6.20. The van der Waals surface area contributed by atoms with E-state index in [0.29, 0.717) is 4.83 Å². The minimum atomic E-state index is 0.0204. The third-order valence-electron chi connectivity index (χ3n) is 3.43. The zero-order valence-electron chi connectivity index (χ0n) is 10.4. The number of halogens is 2. The number of hydrogen-bond donors (Lipinski definition) is 1. The van der Waals surface area contributed by atoms with Crippen LogP contribution < -0.4 is 5.32 Å². The number of amides is 1. The van der Waals surface area contributed by atoms with Gasteiger partial charge in [0.2, 0.25) is 0 Å². The van der Waals surface area contributed by atoms with Crippen molar-refractivity contribution in [3.8, 4) is 0 Å². The van der Waals surface area contributed by atoms with Crippen LogP contribution in [0.3, 0.4) is 0 Å². The van der Waals surface area contributed by atoms with Crippen LogP contribution in [0.5, 0.6) is 0 Å². The molecule has 2 atom stereocenters. The van der Waals surface area contributed by atoms with Crippen molar-refractivity contribution in [1.29, 1.82) is 0 Å². The van der Waals surface area contributed by atoms with Crippen LogP contribution >= 0.6 is 31.9 Å². The van der Waals surface area contributed by atoms with E-state index in [9.17, 15) is 4.79 Å². The first-order valence-corrected chi connectivity index (χ1v) is 8.00. The Morgan fingerprint density at radius 1 is 1.33 bits per heavy atom. The Bertz CT molecular complexity index is 447. The van der Waals surface area contributed by atoms with Gasteiger partial charge in [-0.15, -0.1) is 0 Å². The minimum absolute atomic E-state index is 0.0204. The number of rotatable bonds is 2. The molecule has 1 aromatic rings. The molecule has 98 valence electrons. The fourth-order valence-corrected chi connectivity index (χ4v) is 3.33. The lowest BCUT2D eigenvalue weighted by atomic mass is 9.95. The van der Waals surface area contributed by atoms with Crippen LogP contribution in [-0.2, 0) is 0 Å². The molecule has 0 heterocycles. The van der Waals surface area contributed by atoms with E-state index < -0.39 is 0 Å². The number of nitrogens with one attached hydrogen (secondary N) is 1. The van der Waals surface area contributed by atoms with E-state index in [1.54, 1.807) is 0 Å². The molecular weight excluding hydrogens is 358 g/mol. The summed E-state index contributed by atoms with van der Waals surface area (Å²) < 4.78 is 0.981. The third kappa shape index (κ3) is 3.35. The highest BCUT2D eigenvalue weighted by Gasteiger charge is 2.24. The average molecular weight is 375 g/mol. The Labute approximate surface area is 125 Å². The van der Waals surface area contributed by atoms with Gasteiger partial charge >= 0.3 is 0 Å². The Kier molecular flexibility index (Phi) is 4.84. The number of carbonyl (C=O) groups is 1. The first-order valence-electron chi connectivity index (χ1n) is 6.29. The molecule has 1 aliphatic rings. The van der Waals surface area contributed by atoms with Crippen molar-refractivity contribution in [3.05, 3.63) is 33.8 Å². The van der Waals surface area contributed by atoms with Crippen molar-refractivity contribution in [1.82, 2.24) is 5.32 Å². The largest absolute Gasteiger partial charge is 0.348 e. The summed E-state index contributed by atoms with van der Waals surface area (Å²) in [4.78, 5) is 12.6. The van der Waals surface area contributed by atoms with Crippen molar-refractivity contribution in [3.63, 3.8) is 0 Å². The SMILES string of the molecule is Cc1ccc(C(=O)NC2CCCCC2Br)cc1Br. The highest BCUT2D eigenvalue weighted by atomic mass is 79.9. The Balaban J connectivity index is 2.04. The molecule has 0 bridgehead atoms. The summed E-state index contributed by atoms with van der Waals surface area (Å²) in [5.74, 6) is 0.0204. The van der Waals surface area contributed by atoms with E-state index >= 15 is 0 Å². The van der Waals surface area contributed by atoms with Crippen molar-refractivity contribution in [2.75, 3.05) is 0 Å². The monoisotopic (exact) mass is 373 g/mol. The molecular formula is C14H17Br2NO. The molecule has 1 aromatic carbocycles. The van der Waals surface area contributed by atoms with Gasteiger partial charge in [-0.1, -0.05) is 50.8 Å². The summed E-state index contributed by atoms with van der Waals surface area (Å²) in [6.07, 6.45) is 4.65. The number of hydrogen-bond acceptors (Lipinski definition) is 1. The van der Waals surface area contributed by atoms with Gasteiger partial charge in [0.25, 0.3) is 5.91 Å². The highest BCUT2D eigenvalue weighted by molar-refractivity contribution is 9.10. The lowest BCUT2D eigenvalue weighted by molar-refractivity contribution is 0.0930. The average Bonchev–Trinajstić information content (AvgIpc) is 2.35. The molecule has 0 aliphatic heterocycles. The summed E-state index contributed by atoms with van der Waals surface area (Å²) in [6.45, 7) is 2.02. The van der Waals surface area contributed by atoms with Crippen molar-refractivity contribution >= 4 is 37.8 Å². The summed E-state index contributed by atoms with van der Waals surface area (Å²) in [6, 6.07) is 5.98. The van der Waals surface area contributed by atoms with Crippen LogP contribution in [0, 0.1) is 6.92 Å². The summed E-state index contributed by atoms with van der Waals surface area (Å²) in [5, 5.41) is 3.12. The van der Waals surface area contributed by atoms with Gasteiger partial charge in [0, 0.05) is 20.9 Å². The van der Waals surface area contributed by atoms with Crippen LogP contribution in [0.25, 0.3) is 0 Å². The Hall–Kier alpha value is -0.350. The van der Waals surface area contributed by atoms with Gasteiger partial charge in [0.1, 0.15) is 0 Å². The van der Waals surface area contributed by atoms with Gasteiger partial charge in [0.05, 0.1) is 0 Å². The molecule has 2 unspecified atom stereocenters. The lowest BCUT2D eigenvalue weighted by Gasteiger charge is -2.28. The maximum absolute atomic E-state index is 12.2. The van der Waals surface area contributed by atoms with Crippen LogP contribution in [0.4, 0.5) is 0 Å². The van der Waals surface area contributed by atoms with E-state index in [2.05, 4.69) is 37.2 Å². The molecule has 2 nitrogen and oxygen atoms in total. The van der Waals surface area contributed by atoms with Gasteiger partial charge in [-0.3, -0.25) is 4.79 Å². The summed E-state index contributed by atoms with van der Waals surface area (Å²) in [7, 11) is 0. The lowest BCUT2D eigenvalue weighted by Crippen LogP contribution is -2.42. The predicted octanol–water partition coefficient (Wildman–Crippen LogP) is 4.19. The first kappa shape index (κ1) is 14.1. The quantitative estimate of drug-likeness (QED) is 0.772. The Morgan fingerprint density at radius 2 is 2.06 bits per heavy atom. The van der Waals surface area contributed by atoms with Crippen LogP contribution in [0.2, 0.25) is 0 Å². The number of alkyl halides is 1. The van der Waals surface area contributed by atoms with Crippen LogP contribution in [-0.4, -0.2) is 16.8 Å². The molecule has 1 saturated carbocycles. The number of aryl methyl sites for hydroxylation is 1. The van der Waals surface area contributed by atoms with E-state index in [-0.39, 0.29) is 11.9 Å². The fourth-order valence-electron chi connectivity index (χ4n) is 2.23. The molecule has 1 N–H and O–H groups in total. The topological polar surface area (TPSA) is 29.1 Å². The van der Waals surface area contributed by atoms with Gasteiger partial charge in [-0.25, -0.2) is 0 Å². The van der Waals surface area contributed by atoms with Gasteiger partial charge in [-0.05, 0) is 37.5 Å². The first-order chi connectivity index (χ1) is 8.58. The van der Waals surface area contributed by atoms with E-state index in [1.165, 1.54) is 12.8 Å². The number of carbonyl (C=O) groups excluding carboxylic acids is 1. The van der Waals surface area contributed by atoms with E-state index in [4.69, 9.17) is 0 Å². The predicted molar refractivity (Wildman–Crippen MR) is 81.3 cm³/mol. The second-order valence-corrected chi connectivity index (χ2v) is 6.87. The fraction of sp³-hybridized carbons (Fsp3) is 0.500. The third-order valence-corrected chi connectivity index (χ3v) is 5.38. The second-order valence-electron chi connectivity index (χ2n) is 4.84. The molecule has 0 radical (unpaired) electrons. The maximum Gasteiger partial charge on any atom is 0.251 e. The minimum Gasteiger partial charge on any atom is -0.348 e. The summed E-state index contributed by atoms with van der Waals surface area (Å²) in [5.41, 5.74) is 1.86. The zero-order chi connectivity index (χ0) is 13.1. The normalized spacial score (nSPS) is 23.7. The van der Waals surface area contributed by atoms with Crippen molar-refractivity contribution < 1.29 is 4.79 Å². The molecule has 1 aliphatic carbocycles. The molecule has 4 heteroatoms. The molecule has 0 aromatic heterocycles. The molecule has 1 fully saturated rings. The van der Waals surface area contributed by atoms with Crippen molar-refractivity contribution in [2.24, 2.45) is 0 Å². The van der Waals surface area contributed by atoms with Gasteiger partial charge in [-0.2, -0.15) is 0 Å². The van der Waals surface area contributed by atoms with E-state index in [1.807, 2.05) is 25.1 Å². The van der Waals surface area contributed by atoms with Crippen LogP contribution in [0.15, 0.2) is 22.7 Å². The molecule has 0 spiro atoms. The smallest absolute Gasteiger partial charge is 0.251 e. The molecule has 18 heavy (non-hydrogen) atoms. The Morgan fingerprint density at radius 3 is 2.72 bits per heavy atom. The van der Waals surface area contributed by atoms with Gasteiger partial charge in [0.15, 0.2) is 0 Å². The molecule has 1 amide bonds. The molecule has 0 saturated heterocycles. The molecule has 2 rings (SSSR count). The highest BCUT2D eigenvalue weighted by Crippen LogP contribution is 2.25. The van der Waals surface area contributed by atoms with Crippen molar-refractivity contribution in [2.45, 2.75) is 43.5 Å². The summed E-state index contributed by atoms with van der Waals surface area (Å²) >= 11 is 7.12. The van der Waals surface area contributed by atoms with E-state index in [0.717, 1.165) is 28.4 Å². The standard InChI is InChI=1S/C14H17Br2NO/c1-9-6-7-10(8-12(9)16)14(18)17-13-5-3-2-4-11(13)15/h6-8,11,13H,2-5H2,1H3,(H,17,18). The van der Waals surface area contributed by atoms with Crippen LogP contribution in [0.1, 0.15) is 41.6 Å². The number of benzene rings is 1. The maximum atomic E-state index is 12.2.